The normalized spacial score (nSPS) is 27.4. The summed E-state index contributed by atoms with van der Waals surface area (Å²) >= 11 is 0. The van der Waals surface area contributed by atoms with Gasteiger partial charge in [0.05, 0.1) is 32.4 Å². The molecular weight excluding hydrogens is 234 g/mol. The van der Waals surface area contributed by atoms with Gasteiger partial charge in [-0.25, -0.2) is 0 Å². The summed E-state index contributed by atoms with van der Waals surface area (Å²) in [6, 6.07) is 0.100. The largest absolute Gasteiger partial charge is 0.394 e. The van der Waals surface area contributed by atoms with Crippen LogP contribution in [0.4, 0.5) is 0 Å². The van der Waals surface area contributed by atoms with Crippen molar-refractivity contribution in [2.45, 2.75) is 24.9 Å². The molecule has 1 atom stereocenters. The number of nitrogens with zero attached hydrogens (tertiary/aromatic N) is 2. The fraction of sp³-hybridized carbons (Fsp3) is 0.917. The summed E-state index contributed by atoms with van der Waals surface area (Å²) in [6.45, 7) is 3.76. The molecule has 0 radical (unpaired) electrons. The maximum atomic E-state index is 12.2. The molecule has 2 fully saturated rings. The maximum absolute atomic E-state index is 12.2. The third-order valence-electron chi connectivity index (χ3n) is 3.75. The molecule has 18 heavy (non-hydrogen) atoms. The Bertz CT molecular complexity index is 280. The van der Waals surface area contributed by atoms with E-state index in [0.717, 1.165) is 25.9 Å². The van der Waals surface area contributed by atoms with Crippen molar-refractivity contribution in [2.24, 2.45) is 5.73 Å². The number of aliphatic hydroxyl groups is 1. The highest BCUT2D eigenvalue weighted by atomic mass is 16.5. The van der Waals surface area contributed by atoms with E-state index in [4.69, 9.17) is 10.5 Å². The standard InChI is InChI=1S/C12H23N3O3/c13-10-1-3-14(4-2-10)7-12(17)15-5-6-18-9-11(15)8-16/h10-11,16H,1-9,13H2. The molecule has 0 bridgehead atoms. The molecule has 2 rings (SSSR count). The number of morpholine rings is 1. The second-order valence-corrected chi connectivity index (χ2v) is 5.11. The van der Waals surface area contributed by atoms with Gasteiger partial charge in [0.25, 0.3) is 0 Å². The Balaban J connectivity index is 1.82. The van der Waals surface area contributed by atoms with E-state index in [-0.39, 0.29) is 24.6 Å². The van der Waals surface area contributed by atoms with E-state index < -0.39 is 0 Å². The number of rotatable bonds is 3. The van der Waals surface area contributed by atoms with Crippen LogP contribution in [0.1, 0.15) is 12.8 Å². The molecule has 0 spiro atoms. The van der Waals surface area contributed by atoms with E-state index in [1.807, 2.05) is 0 Å². The van der Waals surface area contributed by atoms with E-state index in [2.05, 4.69) is 4.90 Å². The minimum atomic E-state index is -0.182. The Morgan fingerprint density at radius 2 is 2.06 bits per heavy atom. The molecular formula is C12H23N3O3. The SMILES string of the molecule is NC1CCN(CC(=O)N2CCOCC2CO)CC1. The first-order chi connectivity index (χ1) is 8.70. The Labute approximate surface area is 108 Å². The van der Waals surface area contributed by atoms with Gasteiger partial charge in [0.15, 0.2) is 0 Å². The minimum Gasteiger partial charge on any atom is -0.394 e. The van der Waals surface area contributed by atoms with Crippen molar-refractivity contribution in [1.29, 1.82) is 0 Å². The van der Waals surface area contributed by atoms with Crippen LogP contribution in [-0.2, 0) is 9.53 Å². The number of piperidine rings is 1. The molecule has 1 unspecified atom stereocenters. The van der Waals surface area contributed by atoms with Crippen LogP contribution in [0.25, 0.3) is 0 Å². The lowest BCUT2D eigenvalue weighted by atomic mass is 10.1. The summed E-state index contributed by atoms with van der Waals surface area (Å²) in [7, 11) is 0. The fourth-order valence-electron chi connectivity index (χ4n) is 2.53. The van der Waals surface area contributed by atoms with Gasteiger partial charge in [0, 0.05) is 25.7 Å². The lowest BCUT2D eigenvalue weighted by Gasteiger charge is -2.37. The van der Waals surface area contributed by atoms with Crippen LogP contribution in [0.15, 0.2) is 0 Å². The van der Waals surface area contributed by atoms with Gasteiger partial charge >= 0.3 is 0 Å². The van der Waals surface area contributed by atoms with Crippen LogP contribution in [0.2, 0.25) is 0 Å². The van der Waals surface area contributed by atoms with E-state index >= 15 is 0 Å². The van der Waals surface area contributed by atoms with Gasteiger partial charge in [0.2, 0.25) is 5.91 Å². The van der Waals surface area contributed by atoms with E-state index in [1.54, 1.807) is 4.90 Å². The monoisotopic (exact) mass is 257 g/mol. The molecule has 0 aliphatic carbocycles. The fourth-order valence-corrected chi connectivity index (χ4v) is 2.53. The van der Waals surface area contributed by atoms with Crippen molar-refractivity contribution in [3.63, 3.8) is 0 Å². The molecule has 1 amide bonds. The number of carbonyl (C=O) groups excluding carboxylic acids is 1. The number of carbonyl (C=O) groups is 1. The number of likely N-dealkylation sites (tertiary alicyclic amines) is 1. The van der Waals surface area contributed by atoms with Crippen LogP contribution in [0.5, 0.6) is 0 Å². The quantitative estimate of drug-likeness (QED) is 0.652. The molecule has 0 saturated carbocycles. The zero-order valence-corrected chi connectivity index (χ0v) is 10.8. The predicted octanol–water partition coefficient (Wildman–Crippen LogP) is -1.37. The second kappa shape index (κ2) is 6.47. The Morgan fingerprint density at radius 1 is 1.33 bits per heavy atom. The van der Waals surface area contributed by atoms with Crippen LogP contribution in [-0.4, -0.2) is 78.9 Å². The Morgan fingerprint density at radius 3 is 2.72 bits per heavy atom. The van der Waals surface area contributed by atoms with Gasteiger partial charge in [-0.15, -0.1) is 0 Å². The highest BCUT2D eigenvalue weighted by Crippen LogP contribution is 2.11. The summed E-state index contributed by atoms with van der Waals surface area (Å²) in [5.74, 6) is 0.0906. The van der Waals surface area contributed by atoms with Crippen molar-refractivity contribution in [3.05, 3.63) is 0 Å². The van der Waals surface area contributed by atoms with Crippen LogP contribution in [0.3, 0.4) is 0 Å². The van der Waals surface area contributed by atoms with Gasteiger partial charge in [-0.3, -0.25) is 9.69 Å². The van der Waals surface area contributed by atoms with E-state index in [9.17, 15) is 9.90 Å². The smallest absolute Gasteiger partial charge is 0.237 e. The second-order valence-electron chi connectivity index (χ2n) is 5.11. The lowest BCUT2D eigenvalue weighted by Crippen LogP contribution is -2.54. The van der Waals surface area contributed by atoms with Crippen LogP contribution in [0, 0.1) is 0 Å². The highest BCUT2D eigenvalue weighted by molar-refractivity contribution is 5.78. The molecule has 0 aromatic heterocycles. The Kier molecular flexibility index (Phi) is 4.94. The molecule has 2 aliphatic heterocycles. The lowest BCUT2D eigenvalue weighted by molar-refractivity contribution is -0.143. The number of hydrogen-bond donors (Lipinski definition) is 2. The first-order valence-corrected chi connectivity index (χ1v) is 6.66. The van der Waals surface area contributed by atoms with Crippen LogP contribution >= 0.6 is 0 Å². The topological polar surface area (TPSA) is 79.0 Å². The zero-order chi connectivity index (χ0) is 13.0. The maximum Gasteiger partial charge on any atom is 0.237 e. The summed E-state index contributed by atoms with van der Waals surface area (Å²) < 4.78 is 5.27. The van der Waals surface area contributed by atoms with Crippen molar-refractivity contribution in [1.82, 2.24) is 9.80 Å². The molecule has 2 heterocycles. The molecule has 0 aromatic rings. The third-order valence-corrected chi connectivity index (χ3v) is 3.75. The van der Waals surface area contributed by atoms with Gasteiger partial charge in [-0.05, 0) is 12.8 Å². The molecule has 104 valence electrons. The van der Waals surface area contributed by atoms with Crippen molar-refractivity contribution in [2.75, 3.05) is 46.0 Å². The average Bonchev–Trinajstić information content (AvgIpc) is 2.41. The van der Waals surface area contributed by atoms with E-state index in [0.29, 0.717) is 26.3 Å². The van der Waals surface area contributed by atoms with Gasteiger partial charge < -0.3 is 20.5 Å². The number of amides is 1. The number of aliphatic hydroxyl groups excluding tert-OH is 1. The van der Waals surface area contributed by atoms with Gasteiger partial charge in [0.1, 0.15) is 0 Å². The first-order valence-electron chi connectivity index (χ1n) is 6.66. The van der Waals surface area contributed by atoms with Gasteiger partial charge in [-0.1, -0.05) is 0 Å². The molecule has 2 aliphatic rings. The minimum absolute atomic E-state index is 0.0311. The molecule has 6 nitrogen and oxygen atoms in total. The molecule has 2 saturated heterocycles. The van der Waals surface area contributed by atoms with Crippen molar-refractivity contribution < 1.29 is 14.6 Å². The summed E-state index contributed by atoms with van der Waals surface area (Å²) in [6.07, 6.45) is 1.92. The summed E-state index contributed by atoms with van der Waals surface area (Å²) in [4.78, 5) is 16.1. The zero-order valence-electron chi connectivity index (χ0n) is 10.8. The molecule has 3 N–H and O–H groups in total. The van der Waals surface area contributed by atoms with E-state index in [1.165, 1.54) is 0 Å². The molecule has 6 heteroatoms. The molecule has 0 aromatic carbocycles. The summed E-state index contributed by atoms with van der Waals surface area (Å²) in [5, 5.41) is 9.25. The number of nitrogens with two attached hydrogens (primary N) is 1. The highest BCUT2D eigenvalue weighted by Gasteiger charge is 2.28. The third kappa shape index (κ3) is 3.41. The van der Waals surface area contributed by atoms with Crippen molar-refractivity contribution in [3.8, 4) is 0 Å². The Hall–Kier alpha value is -0.690. The van der Waals surface area contributed by atoms with Gasteiger partial charge in [-0.2, -0.15) is 0 Å². The average molecular weight is 257 g/mol. The number of ether oxygens (including phenoxy) is 1. The van der Waals surface area contributed by atoms with Crippen LogP contribution < -0.4 is 5.73 Å². The predicted molar refractivity (Wildman–Crippen MR) is 67.1 cm³/mol. The summed E-state index contributed by atoms with van der Waals surface area (Å²) in [5.41, 5.74) is 5.84. The first kappa shape index (κ1) is 13.7. The van der Waals surface area contributed by atoms with Crippen molar-refractivity contribution >= 4 is 5.91 Å². The number of hydrogen-bond acceptors (Lipinski definition) is 5.